The summed E-state index contributed by atoms with van der Waals surface area (Å²) in [7, 11) is -4.02. The van der Waals surface area contributed by atoms with Crippen LogP contribution >= 0.6 is 0 Å². The van der Waals surface area contributed by atoms with Gasteiger partial charge in [0.25, 0.3) is 10.1 Å². The second-order valence-electron chi connectivity index (χ2n) is 6.04. The van der Waals surface area contributed by atoms with Crippen molar-refractivity contribution in [1.82, 2.24) is 0 Å². The molecule has 1 aromatic carbocycles. The van der Waals surface area contributed by atoms with Gasteiger partial charge in [0, 0.05) is 12.8 Å². The lowest BCUT2D eigenvalue weighted by atomic mass is 10.2. The van der Waals surface area contributed by atoms with Gasteiger partial charge in [-0.25, -0.2) is 0 Å². The molecule has 0 fully saturated rings. The van der Waals surface area contributed by atoms with E-state index in [0.29, 0.717) is 0 Å². The molecule has 13 nitrogen and oxygen atoms in total. The number of carboxylic acid groups (broad SMARTS) is 4. The van der Waals surface area contributed by atoms with Crippen molar-refractivity contribution < 1.29 is 52.6 Å². The van der Waals surface area contributed by atoms with E-state index in [1.54, 1.807) is 12.1 Å². The smallest absolute Gasteiger partial charge is 0.320 e. The molecule has 0 unspecified atom stereocenters. The van der Waals surface area contributed by atoms with Crippen LogP contribution in [0.3, 0.4) is 0 Å². The van der Waals surface area contributed by atoms with Crippen LogP contribution in [0.1, 0.15) is 31.2 Å². The first-order valence-corrected chi connectivity index (χ1v) is 9.96. The molecule has 0 spiro atoms. The molecule has 0 saturated carbocycles. The molecular formula is C17H26N2O11S. The molecule has 0 saturated heterocycles. The zero-order chi connectivity index (χ0) is 24.8. The van der Waals surface area contributed by atoms with Crippen LogP contribution < -0.4 is 11.5 Å². The van der Waals surface area contributed by atoms with Crippen molar-refractivity contribution in [2.75, 3.05) is 0 Å². The van der Waals surface area contributed by atoms with E-state index in [4.69, 9.17) is 36.4 Å². The number of aryl methyl sites for hydroxylation is 1. The van der Waals surface area contributed by atoms with Crippen LogP contribution in [0, 0.1) is 6.92 Å². The Bertz CT molecular complexity index is 804. The maximum atomic E-state index is 10.5. The Balaban J connectivity index is 0. The summed E-state index contributed by atoms with van der Waals surface area (Å²) in [5.74, 6) is -4.39. The number of aliphatic carboxylic acids is 4. The minimum absolute atomic E-state index is 0.0231. The molecule has 0 heterocycles. The monoisotopic (exact) mass is 466 g/mol. The Morgan fingerprint density at radius 3 is 1.35 bits per heavy atom. The zero-order valence-electron chi connectivity index (χ0n) is 16.5. The van der Waals surface area contributed by atoms with E-state index in [-0.39, 0.29) is 30.6 Å². The Morgan fingerprint density at radius 1 is 0.806 bits per heavy atom. The summed E-state index contributed by atoms with van der Waals surface area (Å²) in [6.45, 7) is 1.84. The van der Waals surface area contributed by atoms with Gasteiger partial charge in [0.1, 0.15) is 12.1 Å². The maximum Gasteiger partial charge on any atom is 0.320 e. The van der Waals surface area contributed by atoms with Crippen LogP contribution in [0.4, 0.5) is 0 Å². The molecule has 2 atom stereocenters. The van der Waals surface area contributed by atoms with E-state index in [1.165, 1.54) is 12.1 Å². The first-order valence-electron chi connectivity index (χ1n) is 8.52. The predicted octanol–water partition coefficient (Wildman–Crippen LogP) is -0.232. The molecular weight excluding hydrogens is 440 g/mol. The lowest BCUT2D eigenvalue weighted by Crippen LogP contribution is -2.30. The highest BCUT2D eigenvalue weighted by Gasteiger charge is 2.13. The van der Waals surface area contributed by atoms with Gasteiger partial charge in [-0.1, -0.05) is 17.7 Å². The standard InChI is InChI=1S/C7H8O3S.2C5H9NO4/c1-6-2-4-7(5-3-6)11(8,9)10;2*6-3(5(9)10)1-2-4(7)8/h2-5H,1H3,(H,8,9,10);2*3H,1-2,6H2,(H,7,8)(H,9,10)/t;2*3-/m.00/s1. The van der Waals surface area contributed by atoms with Crippen molar-refractivity contribution in [3.63, 3.8) is 0 Å². The van der Waals surface area contributed by atoms with Gasteiger partial charge in [-0.15, -0.1) is 0 Å². The minimum Gasteiger partial charge on any atom is -0.481 e. The summed E-state index contributed by atoms with van der Waals surface area (Å²) in [5.41, 5.74) is 11.0. The number of carbonyl (C=O) groups is 4. The van der Waals surface area contributed by atoms with Gasteiger partial charge in [-0.05, 0) is 31.9 Å². The quantitative estimate of drug-likeness (QED) is 0.232. The van der Waals surface area contributed by atoms with Crippen LogP contribution in [0.5, 0.6) is 0 Å². The molecule has 176 valence electrons. The summed E-state index contributed by atoms with van der Waals surface area (Å²) in [6.07, 6.45) is -0.448. The van der Waals surface area contributed by atoms with E-state index in [2.05, 4.69) is 0 Å². The SMILES string of the molecule is Cc1ccc(S(=O)(=O)O)cc1.N[C@@H](CCC(=O)O)C(=O)O.N[C@@H](CCC(=O)O)C(=O)O. The van der Waals surface area contributed by atoms with Crippen LogP contribution in [0.2, 0.25) is 0 Å². The third kappa shape index (κ3) is 17.5. The average molecular weight is 466 g/mol. The first-order chi connectivity index (χ1) is 14.1. The van der Waals surface area contributed by atoms with Crippen molar-refractivity contribution in [3.05, 3.63) is 29.8 Å². The van der Waals surface area contributed by atoms with Gasteiger partial charge in [0.05, 0.1) is 4.90 Å². The van der Waals surface area contributed by atoms with Crippen molar-refractivity contribution in [1.29, 1.82) is 0 Å². The number of hydrogen-bond donors (Lipinski definition) is 7. The van der Waals surface area contributed by atoms with E-state index in [9.17, 15) is 27.6 Å². The molecule has 14 heteroatoms. The fraction of sp³-hybridized carbons (Fsp3) is 0.412. The molecule has 0 aromatic heterocycles. The Kier molecular flexibility index (Phi) is 14.4. The number of rotatable bonds is 9. The van der Waals surface area contributed by atoms with Crippen LogP contribution in [-0.2, 0) is 29.3 Å². The maximum absolute atomic E-state index is 10.5. The highest BCUT2D eigenvalue weighted by atomic mass is 32.2. The van der Waals surface area contributed by atoms with Gasteiger partial charge in [0.15, 0.2) is 0 Å². The molecule has 0 aliphatic carbocycles. The normalized spacial score (nSPS) is 12.1. The van der Waals surface area contributed by atoms with Gasteiger partial charge < -0.3 is 31.9 Å². The fourth-order valence-corrected chi connectivity index (χ4v) is 2.00. The zero-order valence-corrected chi connectivity index (χ0v) is 17.4. The second-order valence-corrected chi connectivity index (χ2v) is 7.46. The second kappa shape index (κ2) is 14.8. The van der Waals surface area contributed by atoms with Gasteiger partial charge in [-0.2, -0.15) is 8.42 Å². The molecule has 31 heavy (non-hydrogen) atoms. The van der Waals surface area contributed by atoms with E-state index in [0.717, 1.165) is 5.56 Å². The van der Waals surface area contributed by atoms with Crippen molar-refractivity contribution >= 4 is 34.0 Å². The minimum atomic E-state index is -4.02. The largest absolute Gasteiger partial charge is 0.481 e. The Labute approximate surface area is 178 Å². The number of carboxylic acids is 4. The fourth-order valence-electron chi connectivity index (χ4n) is 1.52. The van der Waals surface area contributed by atoms with Crippen molar-refractivity contribution in [3.8, 4) is 0 Å². The van der Waals surface area contributed by atoms with Gasteiger partial charge in [0.2, 0.25) is 0 Å². The summed E-state index contributed by atoms with van der Waals surface area (Å²) in [5, 5.41) is 32.5. The summed E-state index contributed by atoms with van der Waals surface area (Å²) in [6, 6.07) is 3.87. The average Bonchev–Trinajstić information content (AvgIpc) is 2.64. The number of nitrogens with two attached hydrogens (primary N) is 2. The summed E-state index contributed by atoms with van der Waals surface area (Å²) < 4.78 is 29.6. The molecule has 0 aliphatic heterocycles. The van der Waals surface area contributed by atoms with E-state index in [1.807, 2.05) is 6.92 Å². The molecule has 1 rings (SSSR count). The number of hydrogen-bond acceptors (Lipinski definition) is 8. The molecule has 0 bridgehead atoms. The predicted molar refractivity (Wildman–Crippen MR) is 106 cm³/mol. The van der Waals surface area contributed by atoms with Crippen LogP contribution in [0.25, 0.3) is 0 Å². The lowest BCUT2D eigenvalue weighted by Gasteiger charge is -2.01. The first kappa shape index (κ1) is 30.1. The van der Waals surface area contributed by atoms with E-state index < -0.39 is 46.1 Å². The van der Waals surface area contributed by atoms with Crippen molar-refractivity contribution in [2.24, 2.45) is 11.5 Å². The topological polar surface area (TPSA) is 256 Å². The Morgan fingerprint density at radius 2 is 1.13 bits per heavy atom. The van der Waals surface area contributed by atoms with Crippen LogP contribution in [-0.4, -0.2) is 69.4 Å². The van der Waals surface area contributed by atoms with Crippen LogP contribution in [0.15, 0.2) is 29.2 Å². The summed E-state index contributed by atoms with van der Waals surface area (Å²) >= 11 is 0. The van der Waals surface area contributed by atoms with Gasteiger partial charge in [-0.3, -0.25) is 23.7 Å². The van der Waals surface area contributed by atoms with Gasteiger partial charge >= 0.3 is 23.9 Å². The molecule has 1 aromatic rings. The summed E-state index contributed by atoms with van der Waals surface area (Å²) in [4.78, 5) is 39.7. The third-order valence-electron chi connectivity index (χ3n) is 3.29. The molecule has 9 N–H and O–H groups in total. The highest BCUT2D eigenvalue weighted by molar-refractivity contribution is 7.85. The third-order valence-corrected chi connectivity index (χ3v) is 4.16. The molecule has 0 amide bonds. The number of benzene rings is 1. The van der Waals surface area contributed by atoms with E-state index >= 15 is 0 Å². The lowest BCUT2D eigenvalue weighted by molar-refractivity contribution is -0.141. The molecule has 0 aliphatic rings. The highest BCUT2D eigenvalue weighted by Crippen LogP contribution is 2.08. The van der Waals surface area contributed by atoms with Crippen molar-refractivity contribution in [2.45, 2.75) is 49.6 Å². The molecule has 0 radical (unpaired) electrons. The Hall–Kier alpha value is -3.07.